The Kier molecular flexibility index (Phi) is 6.05. The van der Waals surface area contributed by atoms with Crippen LogP contribution in [0.5, 0.6) is 0 Å². The molecule has 0 spiro atoms. The van der Waals surface area contributed by atoms with Gasteiger partial charge in [0.2, 0.25) is 0 Å². The molecule has 1 aromatic rings. The second-order valence-corrected chi connectivity index (χ2v) is 5.76. The van der Waals surface area contributed by atoms with E-state index < -0.39 is 0 Å². The topological polar surface area (TPSA) is 41.6 Å². The van der Waals surface area contributed by atoms with Gasteiger partial charge >= 0.3 is 6.09 Å². The summed E-state index contributed by atoms with van der Waals surface area (Å²) in [5, 5.41) is 2.81. The average molecular weight is 290 g/mol. The van der Waals surface area contributed by atoms with Gasteiger partial charge in [-0.3, -0.25) is 10.2 Å². The largest absolute Gasteiger partial charge is 0.445 e. The molecule has 21 heavy (non-hydrogen) atoms. The number of nitrogens with zero attached hydrogens (tertiary/aromatic N) is 1. The van der Waals surface area contributed by atoms with Crippen molar-refractivity contribution in [1.29, 1.82) is 0 Å². The molecule has 0 aliphatic carbocycles. The van der Waals surface area contributed by atoms with E-state index in [1.165, 1.54) is 24.8 Å². The molecule has 1 aliphatic rings. The molecule has 0 aromatic heterocycles. The van der Waals surface area contributed by atoms with E-state index in [4.69, 9.17) is 4.74 Å². The maximum Gasteiger partial charge on any atom is 0.411 e. The second kappa shape index (κ2) is 8.03. The van der Waals surface area contributed by atoms with Crippen molar-refractivity contribution >= 4 is 11.8 Å². The molecule has 0 radical (unpaired) electrons. The van der Waals surface area contributed by atoms with Gasteiger partial charge < -0.3 is 4.74 Å². The number of anilines is 1. The van der Waals surface area contributed by atoms with Crippen LogP contribution in [0.4, 0.5) is 10.5 Å². The Balaban J connectivity index is 1.77. The lowest BCUT2D eigenvalue weighted by Gasteiger charge is -2.28. The van der Waals surface area contributed by atoms with E-state index in [9.17, 15) is 4.79 Å². The van der Waals surface area contributed by atoms with E-state index in [0.717, 1.165) is 31.7 Å². The standard InChI is InChI=1S/C17H26N2O2/c1-3-15-8-7-9-16(12-15)18-17(20)21-14(2)13-19-10-5-4-6-11-19/h7-9,12,14H,3-6,10-11,13H2,1-2H3,(H,18,20)/t14-/m1/s1. The maximum atomic E-state index is 11.9. The molecule has 4 heteroatoms. The van der Waals surface area contributed by atoms with Crippen molar-refractivity contribution in [3.63, 3.8) is 0 Å². The molecule has 1 fully saturated rings. The Hall–Kier alpha value is -1.55. The van der Waals surface area contributed by atoms with Gasteiger partial charge in [-0.25, -0.2) is 4.79 Å². The molecule has 1 aromatic carbocycles. The van der Waals surface area contributed by atoms with Crippen LogP contribution < -0.4 is 5.32 Å². The fraction of sp³-hybridized carbons (Fsp3) is 0.588. The minimum atomic E-state index is -0.368. The minimum Gasteiger partial charge on any atom is -0.445 e. The number of benzene rings is 1. The normalized spacial score (nSPS) is 17.2. The summed E-state index contributed by atoms with van der Waals surface area (Å²) in [5.74, 6) is 0. The number of amides is 1. The van der Waals surface area contributed by atoms with Crippen LogP contribution in [0.25, 0.3) is 0 Å². The van der Waals surface area contributed by atoms with Crippen LogP contribution >= 0.6 is 0 Å². The van der Waals surface area contributed by atoms with Crippen molar-refractivity contribution in [2.45, 2.75) is 45.6 Å². The summed E-state index contributed by atoms with van der Waals surface area (Å²) in [4.78, 5) is 14.3. The summed E-state index contributed by atoms with van der Waals surface area (Å²) in [7, 11) is 0. The fourth-order valence-corrected chi connectivity index (χ4v) is 2.74. The highest BCUT2D eigenvalue weighted by atomic mass is 16.6. The van der Waals surface area contributed by atoms with Crippen molar-refractivity contribution in [2.75, 3.05) is 25.0 Å². The molecular formula is C17H26N2O2. The van der Waals surface area contributed by atoms with Crippen LogP contribution in [0.1, 0.15) is 38.7 Å². The third-order valence-corrected chi connectivity index (χ3v) is 3.85. The molecule has 2 rings (SSSR count). The lowest BCUT2D eigenvalue weighted by Crippen LogP contribution is -2.37. The Bertz CT molecular complexity index is 456. The molecule has 1 heterocycles. The summed E-state index contributed by atoms with van der Waals surface area (Å²) in [6.45, 7) is 7.11. The first-order chi connectivity index (χ1) is 10.2. The molecule has 0 bridgehead atoms. The number of hydrogen-bond acceptors (Lipinski definition) is 3. The molecule has 0 unspecified atom stereocenters. The van der Waals surface area contributed by atoms with Gasteiger partial charge in [0.25, 0.3) is 0 Å². The van der Waals surface area contributed by atoms with Crippen LogP contribution in [0.15, 0.2) is 24.3 Å². The first-order valence-electron chi connectivity index (χ1n) is 7.96. The molecule has 4 nitrogen and oxygen atoms in total. The van der Waals surface area contributed by atoms with Crippen LogP contribution in [0, 0.1) is 0 Å². The van der Waals surface area contributed by atoms with Crippen LogP contribution in [-0.2, 0) is 11.2 Å². The van der Waals surface area contributed by atoms with Gasteiger partial charge in [0.1, 0.15) is 6.10 Å². The molecule has 1 atom stereocenters. The Morgan fingerprint density at radius 1 is 1.33 bits per heavy atom. The first-order valence-corrected chi connectivity index (χ1v) is 7.96. The lowest BCUT2D eigenvalue weighted by molar-refractivity contribution is 0.0833. The monoisotopic (exact) mass is 290 g/mol. The van der Waals surface area contributed by atoms with E-state index >= 15 is 0 Å². The molecule has 116 valence electrons. The smallest absolute Gasteiger partial charge is 0.411 e. The number of piperidine rings is 1. The summed E-state index contributed by atoms with van der Waals surface area (Å²) in [6.07, 6.45) is 4.33. The molecule has 1 amide bonds. The number of likely N-dealkylation sites (tertiary alicyclic amines) is 1. The number of carbonyl (C=O) groups is 1. The molecule has 0 saturated carbocycles. The van der Waals surface area contributed by atoms with Crippen LogP contribution in [-0.4, -0.2) is 36.7 Å². The minimum absolute atomic E-state index is 0.0857. The van der Waals surface area contributed by atoms with Gasteiger partial charge in [-0.2, -0.15) is 0 Å². The summed E-state index contributed by atoms with van der Waals surface area (Å²) < 4.78 is 5.44. The second-order valence-electron chi connectivity index (χ2n) is 5.76. The number of aryl methyl sites for hydroxylation is 1. The quantitative estimate of drug-likeness (QED) is 0.899. The van der Waals surface area contributed by atoms with Gasteiger partial charge in [0, 0.05) is 12.2 Å². The highest BCUT2D eigenvalue weighted by Crippen LogP contribution is 2.13. The zero-order chi connectivity index (χ0) is 15.1. The zero-order valence-corrected chi connectivity index (χ0v) is 13.1. The van der Waals surface area contributed by atoms with Gasteiger partial charge in [-0.05, 0) is 57.0 Å². The number of rotatable bonds is 5. The Labute approximate surface area is 127 Å². The van der Waals surface area contributed by atoms with Crippen LogP contribution in [0.3, 0.4) is 0 Å². The predicted octanol–water partition coefficient (Wildman–Crippen LogP) is 3.67. The number of carbonyl (C=O) groups excluding carboxylic acids is 1. The average Bonchev–Trinajstić information content (AvgIpc) is 2.48. The van der Waals surface area contributed by atoms with Crippen molar-refractivity contribution in [3.05, 3.63) is 29.8 Å². The van der Waals surface area contributed by atoms with E-state index in [2.05, 4.69) is 23.2 Å². The molecule has 1 aliphatic heterocycles. The summed E-state index contributed by atoms with van der Waals surface area (Å²) in [6, 6.07) is 7.87. The van der Waals surface area contributed by atoms with Crippen LogP contribution in [0.2, 0.25) is 0 Å². The van der Waals surface area contributed by atoms with E-state index in [0.29, 0.717) is 0 Å². The number of nitrogens with one attached hydrogen (secondary N) is 1. The van der Waals surface area contributed by atoms with Crippen molar-refractivity contribution in [3.8, 4) is 0 Å². The van der Waals surface area contributed by atoms with E-state index in [-0.39, 0.29) is 12.2 Å². The first kappa shape index (κ1) is 15.8. The fourth-order valence-electron chi connectivity index (χ4n) is 2.74. The van der Waals surface area contributed by atoms with Crippen molar-refractivity contribution < 1.29 is 9.53 Å². The van der Waals surface area contributed by atoms with E-state index in [1.54, 1.807) is 0 Å². The van der Waals surface area contributed by atoms with Gasteiger partial charge in [-0.1, -0.05) is 25.5 Å². The van der Waals surface area contributed by atoms with Crippen molar-refractivity contribution in [1.82, 2.24) is 4.90 Å². The van der Waals surface area contributed by atoms with Crippen molar-refractivity contribution in [2.24, 2.45) is 0 Å². The zero-order valence-electron chi connectivity index (χ0n) is 13.1. The maximum absolute atomic E-state index is 11.9. The lowest BCUT2D eigenvalue weighted by atomic mass is 10.1. The number of hydrogen-bond donors (Lipinski definition) is 1. The highest BCUT2D eigenvalue weighted by Gasteiger charge is 2.16. The third kappa shape index (κ3) is 5.38. The van der Waals surface area contributed by atoms with Gasteiger partial charge in [0.05, 0.1) is 0 Å². The molecule has 1 N–H and O–H groups in total. The van der Waals surface area contributed by atoms with Gasteiger partial charge in [-0.15, -0.1) is 0 Å². The predicted molar refractivity (Wildman–Crippen MR) is 85.7 cm³/mol. The Morgan fingerprint density at radius 3 is 2.81 bits per heavy atom. The van der Waals surface area contributed by atoms with Gasteiger partial charge in [0.15, 0.2) is 0 Å². The Morgan fingerprint density at radius 2 is 2.10 bits per heavy atom. The molecule has 1 saturated heterocycles. The highest BCUT2D eigenvalue weighted by molar-refractivity contribution is 5.84. The summed E-state index contributed by atoms with van der Waals surface area (Å²) >= 11 is 0. The molecular weight excluding hydrogens is 264 g/mol. The summed E-state index contributed by atoms with van der Waals surface area (Å²) in [5.41, 5.74) is 2.00. The van der Waals surface area contributed by atoms with E-state index in [1.807, 2.05) is 25.1 Å². The number of ether oxygens (including phenoxy) is 1. The SMILES string of the molecule is CCc1cccc(NC(=O)O[C@H](C)CN2CCCCC2)c1. The third-order valence-electron chi connectivity index (χ3n) is 3.85.